The summed E-state index contributed by atoms with van der Waals surface area (Å²) in [5, 5.41) is 0. The van der Waals surface area contributed by atoms with E-state index < -0.39 is 0 Å². The van der Waals surface area contributed by atoms with Gasteiger partial charge in [-0.05, 0) is 23.1 Å². The minimum Gasteiger partial charge on any atom is -0.380 e. The van der Waals surface area contributed by atoms with Gasteiger partial charge in [-0.2, -0.15) is 0 Å². The summed E-state index contributed by atoms with van der Waals surface area (Å²) in [5.74, 6) is 0.496. The monoisotopic (exact) mass is 219 g/mol. The highest BCUT2D eigenvalue weighted by Crippen LogP contribution is 2.15. The number of nitrogens with two attached hydrogens (primary N) is 1. The van der Waals surface area contributed by atoms with Crippen LogP contribution in [0.25, 0.3) is 6.08 Å². The number of methoxy groups -OCH3 is 1. The zero-order valence-electron chi connectivity index (χ0n) is 10.4. The van der Waals surface area contributed by atoms with Gasteiger partial charge in [0.15, 0.2) is 0 Å². The Bertz CT molecular complexity index is 356. The Morgan fingerprint density at radius 2 is 2.19 bits per heavy atom. The highest BCUT2D eigenvalue weighted by atomic mass is 16.5. The predicted octanol–water partition coefficient (Wildman–Crippen LogP) is 2.83. The molecule has 0 unspecified atom stereocenters. The van der Waals surface area contributed by atoms with E-state index in [0.717, 1.165) is 0 Å². The van der Waals surface area contributed by atoms with E-state index in [-0.39, 0.29) is 0 Å². The fraction of sp³-hybridized carbons (Fsp3) is 0.429. The Morgan fingerprint density at radius 3 is 2.75 bits per heavy atom. The molecule has 0 aliphatic heterocycles. The average molecular weight is 219 g/mol. The van der Waals surface area contributed by atoms with Crippen LogP contribution in [0.15, 0.2) is 29.8 Å². The second kappa shape index (κ2) is 6.46. The fourth-order valence-electron chi connectivity index (χ4n) is 1.61. The van der Waals surface area contributed by atoms with Crippen molar-refractivity contribution in [3.05, 3.63) is 41.0 Å². The second-order valence-corrected chi connectivity index (χ2v) is 4.26. The van der Waals surface area contributed by atoms with Crippen molar-refractivity contribution in [2.24, 2.45) is 11.7 Å². The molecular formula is C14H21NO. The maximum Gasteiger partial charge on any atom is 0.0713 e. The first kappa shape index (κ1) is 12.9. The third kappa shape index (κ3) is 3.80. The molecule has 1 aromatic carbocycles. The van der Waals surface area contributed by atoms with Crippen LogP contribution in [-0.4, -0.2) is 13.7 Å². The van der Waals surface area contributed by atoms with E-state index in [0.29, 0.717) is 19.1 Å². The first-order valence-electron chi connectivity index (χ1n) is 5.65. The van der Waals surface area contributed by atoms with Crippen LogP contribution in [0.5, 0.6) is 0 Å². The molecular weight excluding hydrogens is 198 g/mol. The van der Waals surface area contributed by atoms with Crippen molar-refractivity contribution in [1.29, 1.82) is 0 Å². The van der Waals surface area contributed by atoms with Gasteiger partial charge in [-0.3, -0.25) is 0 Å². The minimum absolute atomic E-state index is 0.496. The van der Waals surface area contributed by atoms with Crippen LogP contribution < -0.4 is 5.73 Å². The van der Waals surface area contributed by atoms with Crippen LogP contribution in [0.4, 0.5) is 0 Å². The van der Waals surface area contributed by atoms with Gasteiger partial charge < -0.3 is 10.5 Å². The Labute approximate surface area is 98.1 Å². The molecule has 0 spiro atoms. The van der Waals surface area contributed by atoms with Crippen molar-refractivity contribution in [2.45, 2.75) is 20.5 Å². The Balaban J connectivity index is 2.91. The molecule has 0 saturated carbocycles. The smallest absolute Gasteiger partial charge is 0.0713 e. The summed E-state index contributed by atoms with van der Waals surface area (Å²) in [6, 6.07) is 8.35. The van der Waals surface area contributed by atoms with Gasteiger partial charge in [0, 0.05) is 13.7 Å². The van der Waals surface area contributed by atoms with Crippen molar-refractivity contribution in [2.75, 3.05) is 13.7 Å². The number of hydrogen-bond acceptors (Lipinski definition) is 2. The number of rotatable bonds is 5. The quantitative estimate of drug-likeness (QED) is 0.826. The Hall–Kier alpha value is -1.12. The molecule has 2 nitrogen and oxygen atoms in total. The first-order chi connectivity index (χ1) is 7.67. The second-order valence-electron chi connectivity index (χ2n) is 4.26. The van der Waals surface area contributed by atoms with Gasteiger partial charge >= 0.3 is 0 Å². The molecule has 16 heavy (non-hydrogen) atoms. The zero-order valence-corrected chi connectivity index (χ0v) is 10.4. The van der Waals surface area contributed by atoms with Crippen LogP contribution in [0.1, 0.15) is 25.0 Å². The van der Waals surface area contributed by atoms with Crippen LogP contribution in [-0.2, 0) is 11.3 Å². The Morgan fingerprint density at radius 1 is 1.44 bits per heavy atom. The summed E-state index contributed by atoms with van der Waals surface area (Å²) in [6.07, 6.45) is 2.17. The lowest BCUT2D eigenvalue weighted by molar-refractivity contribution is 0.185. The van der Waals surface area contributed by atoms with Crippen molar-refractivity contribution >= 4 is 6.08 Å². The minimum atomic E-state index is 0.496. The summed E-state index contributed by atoms with van der Waals surface area (Å²) in [4.78, 5) is 0. The van der Waals surface area contributed by atoms with Gasteiger partial charge in [0.2, 0.25) is 0 Å². The van der Waals surface area contributed by atoms with Crippen molar-refractivity contribution < 1.29 is 4.74 Å². The molecule has 0 aliphatic carbocycles. The SMILES string of the molecule is COCc1cccc(C=C(CN)C(C)C)c1. The standard InChI is InChI=1S/C14H21NO/c1-11(2)14(9-15)8-12-5-4-6-13(7-12)10-16-3/h4-8,11H,9-10,15H2,1-3H3. The Kier molecular flexibility index (Phi) is 5.23. The van der Waals surface area contributed by atoms with E-state index in [4.69, 9.17) is 10.5 Å². The maximum absolute atomic E-state index is 5.73. The number of ether oxygens (including phenoxy) is 1. The lowest BCUT2D eigenvalue weighted by Crippen LogP contribution is -2.08. The van der Waals surface area contributed by atoms with E-state index in [9.17, 15) is 0 Å². The average Bonchev–Trinajstić information content (AvgIpc) is 2.26. The molecule has 2 N–H and O–H groups in total. The zero-order chi connectivity index (χ0) is 12.0. The summed E-state index contributed by atoms with van der Waals surface area (Å²) in [5.41, 5.74) is 9.39. The van der Waals surface area contributed by atoms with Gasteiger partial charge in [0.05, 0.1) is 6.61 Å². The van der Waals surface area contributed by atoms with Crippen molar-refractivity contribution in [3.8, 4) is 0 Å². The van der Waals surface area contributed by atoms with E-state index in [1.54, 1.807) is 7.11 Å². The summed E-state index contributed by atoms with van der Waals surface area (Å²) >= 11 is 0. The van der Waals surface area contributed by atoms with Crippen molar-refractivity contribution in [1.82, 2.24) is 0 Å². The molecule has 0 aromatic heterocycles. The summed E-state index contributed by atoms with van der Waals surface area (Å²) in [7, 11) is 1.71. The molecule has 0 heterocycles. The van der Waals surface area contributed by atoms with E-state index in [1.807, 2.05) is 0 Å². The molecule has 0 amide bonds. The van der Waals surface area contributed by atoms with Gasteiger partial charge in [-0.15, -0.1) is 0 Å². The molecule has 88 valence electrons. The molecule has 2 heteroatoms. The highest BCUT2D eigenvalue weighted by molar-refractivity contribution is 5.54. The van der Waals surface area contributed by atoms with Gasteiger partial charge in [0.1, 0.15) is 0 Å². The molecule has 0 fully saturated rings. The third-order valence-corrected chi connectivity index (χ3v) is 2.59. The summed E-state index contributed by atoms with van der Waals surface area (Å²) in [6.45, 7) is 5.60. The molecule has 1 rings (SSSR count). The maximum atomic E-state index is 5.73. The fourth-order valence-corrected chi connectivity index (χ4v) is 1.61. The van der Waals surface area contributed by atoms with Crippen LogP contribution in [0.2, 0.25) is 0 Å². The van der Waals surface area contributed by atoms with Crippen LogP contribution >= 0.6 is 0 Å². The molecule has 0 atom stereocenters. The predicted molar refractivity (Wildman–Crippen MR) is 69.0 cm³/mol. The number of hydrogen-bond donors (Lipinski definition) is 1. The van der Waals surface area contributed by atoms with E-state index in [2.05, 4.69) is 44.2 Å². The first-order valence-corrected chi connectivity index (χ1v) is 5.65. The lowest BCUT2D eigenvalue weighted by atomic mass is 10.00. The molecule has 0 aliphatic rings. The summed E-state index contributed by atoms with van der Waals surface area (Å²) < 4.78 is 5.12. The third-order valence-electron chi connectivity index (χ3n) is 2.59. The highest BCUT2D eigenvalue weighted by Gasteiger charge is 2.01. The molecule has 0 radical (unpaired) electrons. The van der Waals surface area contributed by atoms with Gasteiger partial charge in [-0.25, -0.2) is 0 Å². The topological polar surface area (TPSA) is 35.2 Å². The van der Waals surface area contributed by atoms with Crippen LogP contribution in [0, 0.1) is 5.92 Å². The number of benzene rings is 1. The van der Waals surface area contributed by atoms with Gasteiger partial charge in [0.25, 0.3) is 0 Å². The largest absolute Gasteiger partial charge is 0.380 e. The molecule has 0 saturated heterocycles. The van der Waals surface area contributed by atoms with Crippen molar-refractivity contribution in [3.63, 3.8) is 0 Å². The molecule has 0 bridgehead atoms. The van der Waals surface area contributed by atoms with E-state index >= 15 is 0 Å². The van der Waals surface area contributed by atoms with Crippen LogP contribution in [0.3, 0.4) is 0 Å². The molecule has 1 aromatic rings. The van der Waals surface area contributed by atoms with E-state index in [1.165, 1.54) is 16.7 Å². The normalized spacial score (nSPS) is 12.2. The van der Waals surface area contributed by atoms with Gasteiger partial charge in [-0.1, -0.05) is 43.7 Å². The lowest BCUT2D eigenvalue weighted by Gasteiger charge is -2.09.